The molecular formula is C13H25F3N2O. The number of hydrogen-bond acceptors (Lipinski definition) is 3. The lowest BCUT2D eigenvalue weighted by molar-refractivity contribution is -0.173. The van der Waals surface area contributed by atoms with Gasteiger partial charge in [-0.15, -0.1) is 0 Å². The first-order chi connectivity index (χ1) is 8.88. The van der Waals surface area contributed by atoms with E-state index >= 15 is 0 Å². The largest absolute Gasteiger partial charge is 0.411 e. The molecule has 1 saturated heterocycles. The molecule has 1 aliphatic rings. The molecule has 0 aliphatic carbocycles. The fraction of sp³-hybridized carbons (Fsp3) is 1.00. The van der Waals surface area contributed by atoms with Gasteiger partial charge in [-0.05, 0) is 46.2 Å². The zero-order valence-corrected chi connectivity index (χ0v) is 11.8. The van der Waals surface area contributed by atoms with Crippen molar-refractivity contribution in [1.82, 2.24) is 10.2 Å². The third kappa shape index (κ3) is 7.74. The normalized spacial score (nSPS) is 22.7. The number of ether oxygens (including phenoxy) is 1. The van der Waals surface area contributed by atoms with Crippen LogP contribution in [-0.2, 0) is 4.74 Å². The van der Waals surface area contributed by atoms with Gasteiger partial charge in [0.15, 0.2) is 0 Å². The Balaban J connectivity index is 2.10. The van der Waals surface area contributed by atoms with Crippen LogP contribution in [0, 0.1) is 0 Å². The average Bonchev–Trinajstić information content (AvgIpc) is 2.52. The van der Waals surface area contributed by atoms with Crippen LogP contribution >= 0.6 is 0 Å². The van der Waals surface area contributed by atoms with Crippen molar-refractivity contribution in [3.63, 3.8) is 0 Å². The molecule has 1 unspecified atom stereocenters. The smallest absolute Gasteiger partial charge is 0.371 e. The number of alkyl halides is 3. The first kappa shape index (κ1) is 16.7. The molecule has 6 heteroatoms. The lowest BCUT2D eigenvalue weighted by Crippen LogP contribution is -2.35. The highest BCUT2D eigenvalue weighted by atomic mass is 19.4. The quantitative estimate of drug-likeness (QED) is 0.757. The number of nitrogens with one attached hydrogen (secondary N) is 1. The van der Waals surface area contributed by atoms with E-state index in [0.717, 1.165) is 32.4 Å². The van der Waals surface area contributed by atoms with Gasteiger partial charge in [-0.2, -0.15) is 13.2 Å². The van der Waals surface area contributed by atoms with Crippen LogP contribution in [0.15, 0.2) is 0 Å². The second-order valence-corrected chi connectivity index (χ2v) is 5.38. The van der Waals surface area contributed by atoms with Crippen molar-refractivity contribution in [2.45, 2.75) is 51.4 Å². The summed E-state index contributed by atoms with van der Waals surface area (Å²) in [6, 6.07) is 0.965. The van der Waals surface area contributed by atoms with Gasteiger partial charge in [-0.1, -0.05) is 0 Å². The first-order valence-electron chi connectivity index (χ1n) is 7.00. The molecule has 1 rings (SSSR count). The first-order valence-corrected chi connectivity index (χ1v) is 7.00. The lowest BCUT2D eigenvalue weighted by atomic mass is 10.1. The molecule has 1 aliphatic heterocycles. The summed E-state index contributed by atoms with van der Waals surface area (Å²) in [5.41, 5.74) is 0. The van der Waals surface area contributed by atoms with Crippen molar-refractivity contribution in [2.24, 2.45) is 0 Å². The van der Waals surface area contributed by atoms with Gasteiger partial charge in [0.1, 0.15) is 6.61 Å². The van der Waals surface area contributed by atoms with Crippen LogP contribution in [0.3, 0.4) is 0 Å². The summed E-state index contributed by atoms with van der Waals surface area (Å²) in [4.78, 5) is 2.45. The van der Waals surface area contributed by atoms with E-state index in [2.05, 4.69) is 28.8 Å². The topological polar surface area (TPSA) is 24.5 Å². The summed E-state index contributed by atoms with van der Waals surface area (Å²) in [6.45, 7) is 6.00. The number of halogens is 3. The predicted octanol–water partition coefficient (Wildman–Crippen LogP) is 2.42. The van der Waals surface area contributed by atoms with Crippen LogP contribution in [-0.4, -0.2) is 56.0 Å². The van der Waals surface area contributed by atoms with Crippen LogP contribution in [0.2, 0.25) is 0 Å². The number of likely N-dealkylation sites (tertiary alicyclic amines) is 1. The number of rotatable bonds is 6. The van der Waals surface area contributed by atoms with E-state index in [4.69, 9.17) is 0 Å². The van der Waals surface area contributed by atoms with E-state index in [-0.39, 0.29) is 6.61 Å². The monoisotopic (exact) mass is 282 g/mol. The lowest BCUT2D eigenvalue weighted by Gasteiger charge is -2.24. The third-order valence-electron chi connectivity index (χ3n) is 3.44. The Labute approximate surface area is 113 Å². The number of nitrogens with zero attached hydrogens (tertiary/aromatic N) is 1. The summed E-state index contributed by atoms with van der Waals surface area (Å²) < 4.78 is 40.2. The van der Waals surface area contributed by atoms with Crippen molar-refractivity contribution in [3.05, 3.63) is 0 Å². The van der Waals surface area contributed by atoms with Crippen molar-refractivity contribution in [3.8, 4) is 0 Å². The predicted molar refractivity (Wildman–Crippen MR) is 69.2 cm³/mol. The van der Waals surface area contributed by atoms with Crippen LogP contribution in [0.25, 0.3) is 0 Å². The zero-order chi connectivity index (χ0) is 14.3. The molecule has 0 radical (unpaired) electrons. The maximum Gasteiger partial charge on any atom is 0.411 e. The number of hydrogen-bond donors (Lipinski definition) is 1. The van der Waals surface area contributed by atoms with Gasteiger partial charge in [0.05, 0.1) is 6.61 Å². The molecule has 0 aromatic rings. The Bertz CT molecular complexity index is 247. The Morgan fingerprint density at radius 3 is 2.63 bits per heavy atom. The second-order valence-electron chi connectivity index (χ2n) is 5.38. The fourth-order valence-electron chi connectivity index (χ4n) is 2.36. The highest BCUT2D eigenvalue weighted by molar-refractivity contribution is 4.76. The maximum absolute atomic E-state index is 11.9. The van der Waals surface area contributed by atoms with E-state index in [1.54, 1.807) is 0 Å². The van der Waals surface area contributed by atoms with Gasteiger partial charge in [0.2, 0.25) is 0 Å². The van der Waals surface area contributed by atoms with Crippen LogP contribution in [0.5, 0.6) is 0 Å². The SMILES string of the molecule is CC(C)N1CCCC(NCCOCC(F)(F)F)CC1. The molecule has 1 heterocycles. The molecule has 114 valence electrons. The Kier molecular flexibility index (Phi) is 7.10. The van der Waals surface area contributed by atoms with Crippen molar-refractivity contribution in [2.75, 3.05) is 32.8 Å². The maximum atomic E-state index is 11.9. The van der Waals surface area contributed by atoms with Crippen molar-refractivity contribution < 1.29 is 17.9 Å². The standard InChI is InChI=1S/C13H25F3N2O/c1-11(2)18-7-3-4-12(5-8-18)17-6-9-19-10-13(14,15)16/h11-12,17H,3-10H2,1-2H3. The summed E-state index contributed by atoms with van der Waals surface area (Å²) in [6.07, 6.45) is -0.945. The van der Waals surface area contributed by atoms with Crippen LogP contribution < -0.4 is 5.32 Å². The summed E-state index contributed by atoms with van der Waals surface area (Å²) in [5, 5.41) is 3.29. The third-order valence-corrected chi connectivity index (χ3v) is 3.44. The molecule has 0 bridgehead atoms. The Morgan fingerprint density at radius 2 is 2.00 bits per heavy atom. The molecule has 3 nitrogen and oxygen atoms in total. The van der Waals surface area contributed by atoms with E-state index in [0.29, 0.717) is 18.6 Å². The highest BCUT2D eigenvalue weighted by Crippen LogP contribution is 2.15. The van der Waals surface area contributed by atoms with Gasteiger partial charge in [0.25, 0.3) is 0 Å². The highest BCUT2D eigenvalue weighted by Gasteiger charge is 2.27. The van der Waals surface area contributed by atoms with E-state index in [1.807, 2.05) is 0 Å². The Hall–Kier alpha value is -0.330. The van der Waals surface area contributed by atoms with Crippen molar-refractivity contribution >= 4 is 0 Å². The van der Waals surface area contributed by atoms with Gasteiger partial charge in [0, 0.05) is 18.6 Å². The summed E-state index contributed by atoms with van der Waals surface area (Å²) >= 11 is 0. The van der Waals surface area contributed by atoms with Crippen LogP contribution in [0.4, 0.5) is 13.2 Å². The molecule has 0 aromatic carbocycles. The molecule has 1 atom stereocenters. The van der Waals surface area contributed by atoms with E-state index in [9.17, 15) is 13.2 Å². The van der Waals surface area contributed by atoms with Gasteiger partial charge in [-0.3, -0.25) is 0 Å². The van der Waals surface area contributed by atoms with E-state index < -0.39 is 12.8 Å². The molecular weight excluding hydrogens is 257 g/mol. The van der Waals surface area contributed by atoms with Crippen LogP contribution in [0.1, 0.15) is 33.1 Å². The molecule has 19 heavy (non-hydrogen) atoms. The molecule has 1 N–H and O–H groups in total. The molecule has 0 aromatic heterocycles. The second kappa shape index (κ2) is 8.07. The average molecular weight is 282 g/mol. The van der Waals surface area contributed by atoms with Gasteiger partial charge < -0.3 is 15.0 Å². The van der Waals surface area contributed by atoms with Gasteiger partial charge in [-0.25, -0.2) is 0 Å². The Morgan fingerprint density at radius 1 is 1.26 bits per heavy atom. The minimum absolute atomic E-state index is 0.115. The summed E-state index contributed by atoms with van der Waals surface area (Å²) in [5.74, 6) is 0. The summed E-state index contributed by atoms with van der Waals surface area (Å²) in [7, 11) is 0. The fourth-order valence-corrected chi connectivity index (χ4v) is 2.36. The van der Waals surface area contributed by atoms with Crippen molar-refractivity contribution in [1.29, 1.82) is 0 Å². The molecule has 0 saturated carbocycles. The molecule has 0 amide bonds. The molecule has 0 spiro atoms. The van der Waals surface area contributed by atoms with E-state index in [1.165, 1.54) is 0 Å². The minimum atomic E-state index is -4.22. The molecule has 1 fully saturated rings. The van der Waals surface area contributed by atoms with Gasteiger partial charge >= 0.3 is 6.18 Å². The zero-order valence-electron chi connectivity index (χ0n) is 11.8. The minimum Gasteiger partial charge on any atom is -0.371 e.